The highest BCUT2D eigenvalue weighted by Gasteiger charge is 2.27. The van der Waals surface area contributed by atoms with Crippen molar-refractivity contribution in [2.45, 2.75) is 45.6 Å². The number of nitrogens with one attached hydrogen (secondary N) is 3. The number of nitrogens with zero attached hydrogens (tertiary/aromatic N) is 1. The topological polar surface area (TPSA) is 90.6 Å². The van der Waals surface area contributed by atoms with E-state index in [2.05, 4.69) is 34.3 Å². The van der Waals surface area contributed by atoms with E-state index in [4.69, 9.17) is 0 Å². The fourth-order valence-corrected chi connectivity index (χ4v) is 2.18. The summed E-state index contributed by atoms with van der Waals surface area (Å²) in [4.78, 5) is 24.4. The van der Waals surface area contributed by atoms with Crippen LogP contribution in [0.1, 0.15) is 39.5 Å². The molecule has 6 nitrogen and oxygen atoms in total. The lowest BCUT2D eigenvalue weighted by Crippen LogP contribution is -2.34. The van der Waals surface area contributed by atoms with Gasteiger partial charge < -0.3 is 5.32 Å². The monoisotopic (exact) mass is 238 g/mol. The molecule has 0 aromatic carbocycles. The smallest absolute Gasteiger partial charge is 0.342 e. The maximum Gasteiger partial charge on any atom is 0.342 e. The lowest BCUT2D eigenvalue weighted by molar-refractivity contribution is 0.232. The zero-order valence-corrected chi connectivity index (χ0v) is 10.2. The van der Waals surface area contributed by atoms with Crippen LogP contribution in [0.15, 0.2) is 9.59 Å². The number of aromatic nitrogens is 3. The molecule has 0 aliphatic heterocycles. The van der Waals surface area contributed by atoms with Crippen LogP contribution < -0.4 is 16.6 Å². The zero-order chi connectivity index (χ0) is 12.5. The third-order valence-corrected chi connectivity index (χ3v) is 3.39. The molecule has 0 spiro atoms. The van der Waals surface area contributed by atoms with E-state index in [1.54, 1.807) is 0 Å². The third kappa shape index (κ3) is 2.95. The van der Waals surface area contributed by atoms with Gasteiger partial charge in [-0.25, -0.2) is 9.89 Å². The van der Waals surface area contributed by atoms with Crippen molar-refractivity contribution in [1.29, 1.82) is 0 Å². The van der Waals surface area contributed by atoms with Gasteiger partial charge in [-0.1, -0.05) is 13.8 Å². The van der Waals surface area contributed by atoms with Crippen LogP contribution in [0.2, 0.25) is 0 Å². The van der Waals surface area contributed by atoms with Crippen molar-refractivity contribution in [3.63, 3.8) is 0 Å². The van der Waals surface area contributed by atoms with Crippen LogP contribution in [0.4, 0.5) is 5.82 Å². The Morgan fingerprint density at radius 2 is 1.94 bits per heavy atom. The fourth-order valence-electron chi connectivity index (χ4n) is 2.18. The fraction of sp³-hybridized carbons (Fsp3) is 0.727. The Morgan fingerprint density at radius 3 is 2.53 bits per heavy atom. The average molecular weight is 238 g/mol. The SMILES string of the molecule is CC1(C)CCC(Nc2n[nH]c(=O)[nH]c2=O)CC1. The van der Waals surface area contributed by atoms with Crippen LogP contribution in [0.3, 0.4) is 0 Å². The number of H-pyrrole nitrogens is 2. The molecule has 17 heavy (non-hydrogen) atoms. The summed E-state index contributed by atoms with van der Waals surface area (Å²) in [6.45, 7) is 4.52. The van der Waals surface area contributed by atoms with E-state index in [-0.39, 0.29) is 11.9 Å². The Hall–Kier alpha value is -1.59. The number of anilines is 1. The summed E-state index contributed by atoms with van der Waals surface area (Å²) in [5.41, 5.74) is -0.646. The van der Waals surface area contributed by atoms with Gasteiger partial charge in [-0.05, 0) is 31.1 Å². The molecule has 1 aliphatic rings. The maximum atomic E-state index is 11.4. The first kappa shape index (κ1) is 11.9. The van der Waals surface area contributed by atoms with Crippen molar-refractivity contribution in [2.24, 2.45) is 5.41 Å². The first-order chi connectivity index (χ1) is 7.96. The lowest BCUT2D eigenvalue weighted by atomic mass is 9.75. The standard InChI is InChI=1S/C11H18N4O2/c1-11(2)5-3-7(4-6-11)12-8-9(16)13-10(17)15-14-8/h7H,3-6H2,1-2H3,(H,12,14)(H2,13,15,16,17). The Morgan fingerprint density at radius 1 is 1.29 bits per heavy atom. The molecule has 0 unspecified atom stereocenters. The molecule has 2 rings (SSSR count). The molecule has 0 amide bonds. The molecule has 1 aliphatic carbocycles. The van der Waals surface area contributed by atoms with Gasteiger partial charge in [0.2, 0.25) is 5.82 Å². The molecule has 1 aromatic rings. The molecular formula is C11H18N4O2. The van der Waals surface area contributed by atoms with Crippen molar-refractivity contribution in [1.82, 2.24) is 15.2 Å². The van der Waals surface area contributed by atoms with Gasteiger partial charge in [0, 0.05) is 6.04 Å². The molecular weight excluding hydrogens is 220 g/mol. The molecule has 0 radical (unpaired) electrons. The van der Waals surface area contributed by atoms with Crippen LogP contribution in [-0.4, -0.2) is 21.2 Å². The summed E-state index contributed by atoms with van der Waals surface area (Å²) in [6, 6.07) is 0.266. The lowest BCUT2D eigenvalue weighted by Gasteiger charge is -2.34. The molecule has 1 fully saturated rings. The highest BCUT2D eigenvalue weighted by atomic mass is 16.2. The average Bonchev–Trinajstić information content (AvgIpc) is 2.25. The number of hydrogen-bond acceptors (Lipinski definition) is 4. The van der Waals surface area contributed by atoms with E-state index < -0.39 is 11.2 Å². The molecule has 0 bridgehead atoms. The second kappa shape index (κ2) is 4.35. The van der Waals surface area contributed by atoms with Gasteiger partial charge in [-0.2, -0.15) is 0 Å². The molecule has 3 N–H and O–H groups in total. The summed E-state index contributed by atoms with van der Waals surface area (Å²) < 4.78 is 0. The van der Waals surface area contributed by atoms with Crippen molar-refractivity contribution in [2.75, 3.05) is 5.32 Å². The van der Waals surface area contributed by atoms with Gasteiger partial charge >= 0.3 is 5.69 Å². The summed E-state index contributed by atoms with van der Waals surface area (Å²) in [7, 11) is 0. The Bertz CT molecular complexity index is 493. The summed E-state index contributed by atoms with van der Waals surface area (Å²) in [6.07, 6.45) is 4.30. The maximum absolute atomic E-state index is 11.4. The van der Waals surface area contributed by atoms with Crippen molar-refractivity contribution >= 4 is 5.82 Å². The molecule has 6 heteroatoms. The van der Waals surface area contributed by atoms with E-state index in [9.17, 15) is 9.59 Å². The summed E-state index contributed by atoms with van der Waals surface area (Å²) in [5, 5.41) is 9.03. The predicted octanol–water partition coefficient (Wildman–Crippen LogP) is 0.839. The van der Waals surface area contributed by atoms with E-state index in [1.165, 1.54) is 0 Å². The Balaban J connectivity index is 2.03. The van der Waals surface area contributed by atoms with Crippen molar-refractivity contribution < 1.29 is 0 Å². The van der Waals surface area contributed by atoms with Crippen LogP contribution in [0.5, 0.6) is 0 Å². The second-order valence-corrected chi connectivity index (χ2v) is 5.44. The van der Waals surface area contributed by atoms with Crippen LogP contribution in [0, 0.1) is 5.41 Å². The molecule has 0 saturated heterocycles. The molecule has 1 saturated carbocycles. The van der Waals surface area contributed by atoms with Gasteiger partial charge in [0.15, 0.2) is 0 Å². The van der Waals surface area contributed by atoms with Crippen LogP contribution in [-0.2, 0) is 0 Å². The van der Waals surface area contributed by atoms with Crippen molar-refractivity contribution in [3.8, 4) is 0 Å². The normalized spacial score (nSPS) is 20.1. The van der Waals surface area contributed by atoms with E-state index in [1.807, 2.05) is 0 Å². The minimum absolute atomic E-state index is 0.203. The van der Waals surface area contributed by atoms with Gasteiger partial charge in [-0.3, -0.25) is 9.78 Å². The highest BCUT2D eigenvalue weighted by Crippen LogP contribution is 2.35. The minimum Gasteiger partial charge on any atom is -0.361 e. The van der Waals surface area contributed by atoms with E-state index >= 15 is 0 Å². The predicted molar refractivity (Wildman–Crippen MR) is 65.1 cm³/mol. The van der Waals surface area contributed by atoms with Gasteiger partial charge in [0.25, 0.3) is 5.56 Å². The van der Waals surface area contributed by atoms with Crippen LogP contribution in [0.25, 0.3) is 0 Å². The largest absolute Gasteiger partial charge is 0.361 e. The number of hydrogen-bond donors (Lipinski definition) is 3. The second-order valence-electron chi connectivity index (χ2n) is 5.44. The Labute approximate surface area is 98.8 Å². The van der Waals surface area contributed by atoms with Gasteiger partial charge in [-0.15, -0.1) is 5.10 Å². The Kier molecular flexibility index (Phi) is 3.04. The zero-order valence-electron chi connectivity index (χ0n) is 10.2. The molecule has 1 aromatic heterocycles. The first-order valence-electron chi connectivity index (χ1n) is 5.92. The highest BCUT2D eigenvalue weighted by molar-refractivity contribution is 5.30. The molecule has 1 heterocycles. The quantitative estimate of drug-likeness (QED) is 0.712. The number of rotatable bonds is 2. The van der Waals surface area contributed by atoms with E-state index in [0.717, 1.165) is 25.7 Å². The first-order valence-corrected chi connectivity index (χ1v) is 5.92. The van der Waals surface area contributed by atoms with E-state index in [0.29, 0.717) is 5.41 Å². The molecule has 94 valence electrons. The summed E-state index contributed by atoms with van der Waals surface area (Å²) >= 11 is 0. The van der Waals surface area contributed by atoms with Gasteiger partial charge in [0.05, 0.1) is 0 Å². The van der Waals surface area contributed by atoms with Crippen molar-refractivity contribution in [3.05, 3.63) is 20.8 Å². The molecule has 0 atom stereocenters. The van der Waals surface area contributed by atoms with Crippen LogP contribution >= 0.6 is 0 Å². The third-order valence-electron chi connectivity index (χ3n) is 3.39. The number of aromatic amines is 2. The minimum atomic E-state index is -0.578. The summed E-state index contributed by atoms with van der Waals surface area (Å²) in [5.74, 6) is 0.203. The van der Waals surface area contributed by atoms with Gasteiger partial charge in [0.1, 0.15) is 0 Å².